The Labute approximate surface area is 132 Å². The predicted molar refractivity (Wildman–Crippen MR) is 91.1 cm³/mol. The average Bonchev–Trinajstić information content (AvgIpc) is 2.70. The molecule has 0 heterocycles. The lowest BCUT2D eigenvalue weighted by molar-refractivity contribution is 0.325. The quantitative estimate of drug-likeness (QED) is 0.672. The van der Waals surface area contributed by atoms with Crippen LogP contribution in [0.4, 0.5) is 0 Å². The molecular weight excluding hydrogens is 310 g/mol. The van der Waals surface area contributed by atoms with Crippen LogP contribution in [0.2, 0.25) is 0 Å². The second-order valence-corrected chi connectivity index (χ2v) is 7.06. The van der Waals surface area contributed by atoms with E-state index in [0.29, 0.717) is 6.04 Å². The van der Waals surface area contributed by atoms with Gasteiger partial charge in [-0.1, -0.05) is 60.7 Å². The molecule has 1 atom stereocenters. The van der Waals surface area contributed by atoms with Crippen molar-refractivity contribution in [1.29, 1.82) is 0 Å². The van der Waals surface area contributed by atoms with Gasteiger partial charge in [0.15, 0.2) is 0 Å². The molecule has 20 heavy (non-hydrogen) atoms. The lowest BCUT2D eigenvalue weighted by Gasteiger charge is -2.29. The summed E-state index contributed by atoms with van der Waals surface area (Å²) in [5, 5.41) is 3.81. The number of hydrogen-bond acceptors (Lipinski definition) is 1. The highest BCUT2D eigenvalue weighted by molar-refractivity contribution is 9.10. The lowest BCUT2D eigenvalue weighted by atomic mass is 9.87. The summed E-state index contributed by atoms with van der Waals surface area (Å²) in [7, 11) is 0. The zero-order valence-electron chi connectivity index (χ0n) is 12.9. The molecule has 1 nitrogen and oxygen atoms in total. The molecule has 1 aromatic carbocycles. The second-order valence-electron chi connectivity index (χ2n) is 6.21. The van der Waals surface area contributed by atoms with E-state index in [1.54, 1.807) is 0 Å². The van der Waals surface area contributed by atoms with Crippen molar-refractivity contribution >= 4 is 15.9 Å². The van der Waals surface area contributed by atoms with Crippen LogP contribution in [-0.4, -0.2) is 6.54 Å². The predicted octanol–water partition coefficient (Wildman–Crippen LogP) is 5.77. The summed E-state index contributed by atoms with van der Waals surface area (Å²) in [6.45, 7) is 5.53. The molecule has 2 heteroatoms. The number of hydrogen-bond donors (Lipinski definition) is 1. The molecule has 1 aromatic rings. The van der Waals surface area contributed by atoms with Gasteiger partial charge < -0.3 is 5.32 Å². The monoisotopic (exact) mass is 337 g/mol. The van der Waals surface area contributed by atoms with Crippen molar-refractivity contribution in [3.63, 3.8) is 0 Å². The first kappa shape index (κ1) is 16.0. The first-order valence-corrected chi connectivity index (χ1v) is 9.01. The molecule has 1 aliphatic carbocycles. The fourth-order valence-corrected chi connectivity index (χ4v) is 4.10. The Kier molecular flexibility index (Phi) is 6.57. The third-order valence-electron chi connectivity index (χ3n) is 4.48. The SMILES string of the molecule is CCCNC(c1ccc(C)cc1Br)C1CCCCCC1. The van der Waals surface area contributed by atoms with E-state index >= 15 is 0 Å². The summed E-state index contributed by atoms with van der Waals surface area (Å²) >= 11 is 3.79. The molecule has 1 fully saturated rings. The van der Waals surface area contributed by atoms with Gasteiger partial charge in [0, 0.05) is 10.5 Å². The maximum atomic E-state index is 3.81. The van der Waals surface area contributed by atoms with Crippen LogP contribution in [0, 0.1) is 12.8 Å². The van der Waals surface area contributed by atoms with Gasteiger partial charge in [-0.3, -0.25) is 0 Å². The van der Waals surface area contributed by atoms with Crippen LogP contribution in [0.15, 0.2) is 22.7 Å². The van der Waals surface area contributed by atoms with Crippen LogP contribution in [0.1, 0.15) is 69.0 Å². The fraction of sp³-hybridized carbons (Fsp3) is 0.667. The molecule has 0 aliphatic heterocycles. The van der Waals surface area contributed by atoms with E-state index in [2.05, 4.69) is 53.3 Å². The van der Waals surface area contributed by atoms with Crippen LogP contribution >= 0.6 is 15.9 Å². The number of halogens is 1. The van der Waals surface area contributed by atoms with Gasteiger partial charge in [-0.15, -0.1) is 0 Å². The van der Waals surface area contributed by atoms with Crippen molar-refractivity contribution in [1.82, 2.24) is 5.32 Å². The van der Waals surface area contributed by atoms with Gasteiger partial charge in [-0.2, -0.15) is 0 Å². The molecule has 1 aliphatic rings. The Balaban J connectivity index is 2.20. The van der Waals surface area contributed by atoms with Crippen LogP contribution in [0.5, 0.6) is 0 Å². The van der Waals surface area contributed by atoms with Gasteiger partial charge >= 0.3 is 0 Å². The Bertz CT molecular complexity index is 408. The van der Waals surface area contributed by atoms with Crippen molar-refractivity contribution in [3.8, 4) is 0 Å². The summed E-state index contributed by atoms with van der Waals surface area (Å²) in [6, 6.07) is 7.34. The minimum Gasteiger partial charge on any atom is -0.310 e. The topological polar surface area (TPSA) is 12.0 Å². The van der Waals surface area contributed by atoms with E-state index in [0.717, 1.165) is 12.5 Å². The lowest BCUT2D eigenvalue weighted by Crippen LogP contribution is -2.29. The summed E-state index contributed by atoms with van der Waals surface area (Å²) in [6.07, 6.45) is 9.60. The van der Waals surface area contributed by atoms with Crippen molar-refractivity contribution < 1.29 is 0 Å². The average molecular weight is 338 g/mol. The molecule has 1 unspecified atom stereocenters. The van der Waals surface area contributed by atoms with Crippen molar-refractivity contribution in [2.45, 2.75) is 64.8 Å². The number of nitrogens with one attached hydrogen (secondary N) is 1. The molecule has 0 amide bonds. The molecule has 0 bridgehead atoms. The Morgan fingerprint density at radius 2 is 1.90 bits per heavy atom. The van der Waals surface area contributed by atoms with E-state index in [1.165, 1.54) is 60.5 Å². The number of benzene rings is 1. The second kappa shape index (κ2) is 8.19. The Hall–Kier alpha value is -0.340. The Morgan fingerprint density at radius 1 is 1.20 bits per heavy atom. The molecule has 1 saturated carbocycles. The zero-order valence-corrected chi connectivity index (χ0v) is 14.5. The van der Waals surface area contributed by atoms with Crippen LogP contribution in [0.3, 0.4) is 0 Å². The zero-order chi connectivity index (χ0) is 14.4. The van der Waals surface area contributed by atoms with Crippen LogP contribution < -0.4 is 5.32 Å². The molecule has 0 spiro atoms. The van der Waals surface area contributed by atoms with Gasteiger partial charge in [-0.05, 0) is 55.8 Å². The first-order chi connectivity index (χ1) is 9.72. The van der Waals surface area contributed by atoms with Gasteiger partial charge in [0.05, 0.1) is 0 Å². The number of rotatable bonds is 5. The summed E-state index contributed by atoms with van der Waals surface area (Å²) < 4.78 is 1.27. The molecule has 0 aromatic heterocycles. The highest BCUT2D eigenvalue weighted by atomic mass is 79.9. The van der Waals surface area contributed by atoms with E-state index in [4.69, 9.17) is 0 Å². The van der Waals surface area contributed by atoms with Gasteiger partial charge in [-0.25, -0.2) is 0 Å². The van der Waals surface area contributed by atoms with E-state index in [9.17, 15) is 0 Å². The number of aryl methyl sites for hydroxylation is 1. The van der Waals surface area contributed by atoms with Crippen molar-refractivity contribution in [2.75, 3.05) is 6.54 Å². The minimum absolute atomic E-state index is 0.517. The van der Waals surface area contributed by atoms with E-state index < -0.39 is 0 Å². The molecule has 0 saturated heterocycles. The van der Waals surface area contributed by atoms with Gasteiger partial charge in [0.25, 0.3) is 0 Å². The molecular formula is C18H28BrN. The van der Waals surface area contributed by atoms with Crippen molar-refractivity contribution in [3.05, 3.63) is 33.8 Å². The highest BCUT2D eigenvalue weighted by Gasteiger charge is 2.25. The first-order valence-electron chi connectivity index (χ1n) is 8.21. The molecule has 112 valence electrons. The largest absolute Gasteiger partial charge is 0.310 e. The fourth-order valence-electron chi connectivity index (χ4n) is 3.36. The van der Waals surface area contributed by atoms with E-state index in [1.807, 2.05) is 0 Å². The molecule has 2 rings (SSSR count). The highest BCUT2D eigenvalue weighted by Crippen LogP contribution is 2.36. The summed E-state index contributed by atoms with van der Waals surface area (Å²) in [4.78, 5) is 0. The summed E-state index contributed by atoms with van der Waals surface area (Å²) in [5.41, 5.74) is 2.78. The third-order valence-corrected chi connectivity index (χ3v) is 5.16. The summed E-state index contributed by atoms with van der Waals surface area (Å²) in [5.74, 6) is 0.794. The van der Waals surface area contributed by atoms with Crippen molar-refractivity contribution in [2.24, 2.45) is 5.92 Å². The minimum atomic E-state index is 0.517. The molecule has 1 N–H and O–H groups in total. The van der Waals surface area contributed by atoms with Crippen LogP contribution in [-0.2, 0) is 0 Å². The smallest absolute Gasteiger partial charge is 0.0359 e. The van der Waals surface area contributed by atoms with E-state index in [-0.39, 0.29) is 0 Å². The van der Waals surface area contributed by atoms with Gasteiger partial charge in [0.1, 0.15) is 0 Å². The third kappa shape index (κ3) is 4.33. The van der Waals surface area contributed by atoms with Crippen LogP contribution in [0.25, 0.3) is 0 Å². The van der Waals surface area contributed by atoms with Gasteiger partial charge in [0.2, 0.25) is 0 Å². The maximum absolute atomic E-state index is 3.81. The Morgan fingerprint density at radius 3 is 2.50 bits per heavy atom. The normalized spacial score (nSPS) is 18.8. The molecule has 0 radical (unpaired) electrons. The maximum Gasteiger partial charge on any atom is 0.0359 e. The standard InChI is InChI=1S/C18H28BrN/c1-3-12-20-18(15-8-6-4-5-7-9-15)16-11-10-14(2)13-17(16)19/h10-11,13,15,18,20H,3-9,12H2,1-2H3.